The van der Waals surface area contributed by atoms with Crippen molar-refractivity contribution in [3.05, 3.63) is 40.6 Å². The Kier molecular flexibility index (Phi) is 3.53. The molecular formula is C11H15N3S. The van der Waals surface area contributed by atoms with E-state index in [1.807, 2.05) is 5.51 Å². The van der Waals surface area contributed by atoms with Gasteiger partial charge < -0.3 is 9.88 Å². The predicted molar refractivity (Wildman–Crippen MR) is 62.8 cm³/mol. The summed E-state index contributed by atoms with van der Waals surface area (Å²) in [6, 6.07) is 4.24. The summed E-state index contributed by atoms with van der Waals surface area (Å²) in [5.74, 6) is 0. The lowest BCUT2D eigenvalue weighted by Crippen LogP contribution is -2.15. The van der Waals surface area contributed by atoms with E-state index in [9.17, 15) is 0 Å². The average molecular weight is 221 g/mol. The molecule has 0 amide bonds. The first-order chi connectivity index (χ1) is 7.40. The molecule has 1 N–H and O–H groups in total. The topological polar surface area (TPSA) is 29.9 Å². The standard InChI is InChI=1S/C11H15N3S/c1-2-14-5-3-4-11(14)7-12-6-10-8-15-9-13-10/h3-5,8-9,12H,2,6-7H2,1H3. The minimum atomic E-state index is 0.846. The van der Waals surface area contributed by atoms with Gasteiger partial charge in [-0.05, 0) is 19.1 Å². The largest absolute Gasteiger partial charge is 0.351 e. The third kappa shape index (κ3) is 2.67. The van der Waals surface area contributed by atoms with Gasteiger partial charge in [-0.15, -0.1) is 11.3 Å². The van der Waals surface area contributed by atoms with Crippen LogP contribution in [0.3, 0.4) is 0 Å². The van der Waals surface area contributed by atoms with Crippen molar-refractivity contribution in [3.63, 3.8) is 0 Å². The minimum absolute atomic E-state index is 0.846. The third-order valence-corrected chi connectivity index (χ3v) is 3.00. The molecule has 2 aromatic rings. The molecule has 3 nitrogen and oxygen atoms in total. The van der Waals surface area contributed by atoms with Crippen LogP contribution in [0.4, 0.5) is 0 Å². The first-order valence-electron chi connectivity index (χ1n) is 5.12. The maximum absolute atomic E-state index is 4.23. The molecule has 0 spiro atoms. The first kappa shape index (κ1) is 10.4. The van der Waals surface area contributed by atoms with Crippen LogP contribution in [0.25, 0.3) is 0 Å². The van der Waals surface area contributed by atoms with Crippen LogP contribution in [0, 0.1) is 0 Å². The quantitative estimate of drug-likeness (QED) is 0.839. The van der Waals surface area contributed by atoms with Crippen molar-refractivity contribution < 1.29 is 0 Å². The second-order valence-corrected chi connectivity index (χ2v) is 4.09. The van der Waals surface area contributed by atoms with Crippen molar-refractivity contribution in [3.8, 4) is 0 Å². The van der Waals surface area contributed by atoms with Gasteiger partial charge in [0.25, 0.3) is 0 Å². The summed E-state index contributed by atoms with van der Waals surface area (Å²) in [6.45, 7) is 4.93. The maximum atomic E-state index is 4.23. The van der Waals surface area contributed by atoms with Crippen LogP contribution in [-0.2, 0) is 19.6 Å². The highest BCUT2D eigenvalue weighted by Crippen LogP contribution is 2.03. The molecule has 0 aliphatic heterocycles. The van der Waals surface area contributed by atoms with Crippen LogP contribution >= 0.6 is 11.3 Å². The smallest absolute Gasteiger partial charge is 0.0795 e. The van der Waals surface area contributed by atoms with E-state index >= 15 is 0 Å². The van der Waals surface area contributed by atoms with Gasteiger partial charge in [0.1, 0.15) is 0 Å². The molecule has 0 aliphatic carbocycles. The number of hydrogen-bond acceptors (Lipinski definition) is 3. The minimum Gasteiger partial charge on any atom is -0.351 e. The highest BCUT2D eigenvalue weighted by molar-refractivity contribution is 7.07. The molecule has 0 saturated heterocycles. The number of nitrogens with zero attached hydrogens (tertiary/aromatic N) is 2. The summed E-state index contributed by atoms with van der Waals surface area (Å²) in [5, 5.41) is 5.46. The number of aryl methyl sites for hydroxylation is 1. The van der Waals surface area contributed by atoms with Crippen LogP contribution in [-0.4, -0.2) is 9.55 Å². The lowest BCUT2D eigenvalue weighted by Gasteiger charge is -2.06. The first-order valence-corrected chi connectivity index (χ1v) is 6.06. The summed E-state index contributed by atoms with van der Waals surface area (Å²) in [6.07, 6.45) is 2.11. The van der Waals surface area contributed by atoms with E-state index < -0.39 is 0 Å². The third-order valence-electron chi connectivity index (χ3n) is 2.36. The molecule has 0 unspecified atom stereocenters. The molecule has 0 aliphatic rings. The molecule has 0 radical (unpaired) electrons. The predicted octanol–water partition coefficient (Wildman–Crippen LogP) is 2.25. The van der Waals surface area contributed by atoms with Crippen molar-refractivity contribution in [2.45, 2.75) is 26.6 Å². The van der Waals surface area contributed by atoms with Gasteiger partial charge in [-0.25, -0.2) is 4.98 Å². The van der Waals surface area contributed by atoms with Crippen molar-refractivity contribution in [1.82, 2.24) is 14.9 Å². The highest BCUT2D eigenvalue weighted by atomic mass is 32.1. The second kappa shape index (κ2) is 5.09. The Labute approximate surface area is 93.8 Å². The van der Waals surface area contributed by atoms with Crippen LogP contribution in [0.2, 0.25) is 0 Å². The van der Waals surface area contributed by atoms with Crippen molar-refractivity contribution in [2.24, 2.45) is 0 Å². The molecule has 2 heterocycles. The fourth-order valence-electron chi connectivity index (χ4n) is 1.56. The number of aromatic nitrogens is 2. The summed E-state index contributed by atoms with van der Waals surface area (Å²) in [5.41, 5.74) is 4.31. The van der Waals surface area contributed by atoms with Crippen LogP contribution < -0.4 is 5.32 Å². The van der Waals surface area contributed by atoms with Gasteiger partial charge in [0.15, 0.2) is 0 Å². The molecule has 2 rings (SSSR count). The molecular weight excluding hydrogens is 206 g/mol. The maximum Gasteiger partial charge on any atom is 0.0795 e. The van der Waals surface area contributed by atoms with Gasteiger partial charge in [0, 0.05) is 36.9 Å². The number of nitrogens with one attached hydrogen (secondary N) is 1. The van der Waals surface area contributed by atoms with Crippen LogP contribution in [0.15, 0.2) is 29.2 Å². The van der Waals surface area contributed by atoms with Gasteiger partial charge in [-0.2, -0.15) is 0 Å². The highest BCUT2D eigenvalue weighted by Gasteiger charge is 1.99. The fraction of sp³-hybridized carbons (Fsp3) is 0.364. The Morgan fingerprint density at radius 1 is 1.47 bits per heavy atom. The van der Waals surface area contributed by atoms with E-state index in [4.69, 9.17) is 0 Å². The monoisotopic (exact) mass is 221 g/mol. The van der Waals surface area contributed by atoms with Gasteiger partial charge >= 0.3 is 0 Å². The van der Waals surface area contributed by atoms with Gasteiger partial charge in [-0.3, -0.25) is 0 Å². The van der Waals surface area contributed by atoms with Crippen LogP contribution in [0.5, 0.6) is 0 Å². The average Bonchev–Trinajstić information content (AvgIpc) is 2.88. The number of thiazole rings is 1. The van der Waals surface area contributed by atoms with Gasteiger partial charge in [0.05, 0.1) is 11.2 Å². The van der Waals surface area contributed by atoms with E-state index in [-0.39, 0.29) is 0 Å². The zero-order chi connectivity index (χ0) is 10.5. The summed E-state index contributed by atoms with van der Waals surface area (Å²) < 4.78 is 2.24. The van der Waals surface area contributed by atoms with Crippen LogP contribution in [0.1, 0.15) is 18.3 Å². The zero-order valence-corrected chi connectivity index (χ0v) is 9.63. The van der Waals surface area contributed by atoms with Crippen molar-refractivity contribution >= 4 is 11.3 Å². The summed E-state index contributed by atoms with van der Waals surface area (Å²) >= 11 is 1.64. The molecule has 2 aromatic heterocycles. The molecule has 80 valence electrons. The number of rotatable bonds is 5. The van der Waals surface area contributed by atoms with Gasteiger partial charge in [-0.1, -0.05) is 0 Å². The fourth-order valence-corrected chi connectivity index (χ4v) is 2.12. The molecule has 0 bridgehead atoms. The Morgan fingerprint density at radius 2 is 2.40 bits per heavy atom. The lowest BCUT2D eigenvalue weighted by atomic mass is 10.4. The van der Waals surface area contributed by atoms with Crippen molar-refractivity contribution in [2.75, 3.05) is 0 Å². The Balaban J connectivity index is 1.83. The summed E-state index contributed by atoms with van der Waals surface area (Å²) in [7, 11) is 0. The Morgan fingerprint density at radius 3 is 3.13 bits per heavy atom. The molecule has 0 saturated carbocycles. The molecule has 0 fully saturated rings. The zero-order valence-electron chi connectivity index (χ0n) is 8.81. The molecule has 4 heteroatoms. The van der Waals surface area contributed by atoms with E-state index in [1.54, 1.807) is 11.3 Å². The molecule has 0 atom stereocenters. The van der Waals surface area contributed by atoms with E-state index in [0.717, 1.165) is 25.3 Å². The molecule has 15 heavy (non-hydrogen) atoms. The SMILES string of the molecule is CCn1cccc1CNCc1cscn1. The number of hydrogen-bond donors (Lipinski definition) is 1. The second-order valence-electron chi connectivity index (χ2n) is 3.37. The van der Waals surface area contributed by atoms with E-state index in [0.29, 0.717) is 0 Å². The lowest BCUT2D eigenvalue weighted by molar-refractivity contribution is 0.624. The normalized spacial score (nSPS) is 10.7. The van der Waals surface area contributed by atoms with Crippen molar-refractivity contribution in [1.29, 1.82) is 0 Å². The summed E-state index contributed by atoms with van der Waals surface area (Å²) in [4.78, 5) is 4.23. The van der Waals surface area contributed by atoms with E-state index in [1.165, 1.54) is 5.69 Å². The molecule has 0 aromatic carbocycles. The Bertz CT molecular complexity index is 392. The van der Waals surface area contributed by atoms with E-state index in [2.05, 4.69) is 45.5 Å². The van der Waals surface area contributed by atoms with Gasteiger partial charge in [0.2, 0.25) is 0 Å². The Hall–Kier alpha value is -1.13.